The summed E-state index contributed by atoms with van der Waals surface area (Å²) >= 11 is 11.8. The van der Waals surface area contributed by atoms with E-state index >= 15 is 0 Å². The van der Waals surface area contributed by atoms with Crippen LogP contribution in [-0.4, -0.2) is 22.5 Å². The van der Waals surface area contributed by atoms with Gasteiger partial charge in [-0.3, -0.25) is 14.6 Å². The smallest absolute Gasteiger partial charge is 0.273 e. The fourth-order valence-corrected chi connectivity index (χ4v) is 3.22. The molecule has 0 saturated carbocycles. The zero-order valence-corrected chi connectivity index (χ0v) is 18.2. The average molecular weight is 443 g/mol. The van der Waals surface area contributed by atoms with Crippen LogP contribution in [0.15, 0.2) is 47.6 Å². The van der Waals surface area contributed by atoms with E-state index in [9.17, 15) is 9.59 Å². The molecule has 0 bridgehead atoms. The lowest BCUT2D eigenvalue weighted by molar-refractivity contribution is -0.115. The zero-order chi connectivity index (χ0) is 21.8. The van der Waals surface area contributed by atoms with Crippen LogP contribution in [0.4, 0.5) is 5.69 Å². The molecule has 0 aliphatic heterocycles. The third kappa shape index (κ3) is 5.14. The Morgan fingerprint density at radius 1 is 1.07 bits per heavy atom. The summed E-state index contributed by atoms with van der Waals surface area (Å²) in [4.78, 5) is 29.3. The second-order valence-electron chi connectivity index (χ2n) is 6.91. The van der Waals surface area contributed by atoms with E-state index in [1.54, 1.807) is 38.1 Å². The number of carbonyl (C=O) groups excluding carboxylic acids is 2. The van der Waals surface area contributed by atoms with Gasteiger partial charge in [-0.2, -0.15) is 5.10 Å². The second-order valence-corrected chi connectivity index (χ2v) is 7.72. The number of aryl methyl sites for hydroxylation is 2. The molecule has 0 atom stereocenters. The van der Waals surface area contributed by atoms with Crippen LogP contribution in [0.3, 0.4) is 0 Å². The molecule has 0 aliphatic carbocycles. The maximum Gasteiger partial charge on any atom is 0.273 e. The first kappa shape index (κ1) is 21.7. The number of carbonyl (C=O) groups is 2. The van der Waals surface area contributed by atoms with Crippen LogP contribution in [0.25, 0.3) is 10.9 Å². The van der Waals surface area contributed by atoms with Crippen LogP contribution in [0.2, 0.25) is 10.0 Å². The molecule has 1 heterocycles. The molecule has 3 aromatic rings. The van der Waals surface area contributed by atoms with Gasteiger partial charge in [0.15, 0.2) is 0 Å². The van der Waals surface area contributed by atoms with Gasteiger partial charge in [0.05, 0.1) is 33.2 Å². The van der Waals surface area contributed by atoms with Crippen molar-refractivity contribution in [3.05, 3.63) is 69.3 Å². The van der Waals surface area contributed by atoms with Gasteiger partial charge in [-0.1, -0.05) is 41.4 Å². The molecule has 0 unspecified atom stereocenters. The lowest BCUT2D eigenvalue weighted by Crippen LogP contribution is -2.22. The number of aromatic nitrogens is 1. The van der Waals surface area contributed by atoms with E-state index in [4.69, 9.17) is 23.2 Å². The van der Waals surface area contributed by atoms with Crippen molar-refractivity contribution < 1.29 is 9.59 Å². The van der Waals surface area contributed by atoms with Crippen LogP contribution in [0.5, 0.6) is 0 Å². The highest BCUT2D eigenvalue weighted by Gasteiger charge is 2.13. The van der Waals surface area contributed by atoms with Crippen molar-refractivity contribution in [1.29, 1.82) is 0 Å². The number of benzene rings is 2. The molecule has 1 aromatic heterocycles. The summed E-state index contributed by atoms with van der Waals surface area (Å²) in [6.45, 7) is 5.41. The third-order valence-corrected chi connectivity index (χ3v) is 5.19. The van der Waals surface area contributed by atoms with Crippen LogP contribution < -0.4 is 10.7 Å². The summed E-state index contributed by atoms with van der Waals surface area (Å²) in [5.41, 5.74) is 6.43. The highest BCUT2D eigenvalue weighted by molar-refractivity contribution is 6.42. The lowest BCUT2D eigenvalue weighted by Gasteiger charge is -2.09. The quantitative estimate of drug-likeness (QED) is 0.415. The number of nitrogens with one attached hydrogen (secondary N) is 2. The van der Waals surface area contributed by atoms with E-state index in [0.29, 0.717) is 32.7 Å². The Bertz CT molecular complexity index is 1180. The predicted octanol–water partition coefficient (Wildman–Crippen LogP) is 5.29. The van der Waals surface area contributed by atoms with Crippen LogP contribution in [0.1, 0.15) is 35.0 Å². The van der Waals surface area contributed by atoms with Gasteiger partial charge in [0, 0.05) is 16.8 Å². The first-order valence-corrected chi connectivity index (χ1v) is 9.95. The molecule has 0 spiro atoms. The molecule has 30 heavy (non-hydrogen) atoms. The number of nitrogens with zero attached hydrogens (tertiary/aromatic N) is 2. The molecule has 2 amide bonds. The number of amides is 2. The predicted molar refractivity (Wildman–Crippen MR) is 122 cm³/mol. The van der Waals surface area contributed by atoms with Gasteiger partial charge in [-0.05, 0) is 50.6 Å². The Balaban J connectivity index is 1.65. The Morgan fingerprint density at radius 2 is 1.83 bits per heavy atom. The van der Waals surface area contributed by atoms with Crippen LogP contribution >= 0.6 is 23.2 Å². The number of hydrogen-bond donors (Lipinski definition) is 2. The Morgan fingerprint density at radius 3 is 2.57 bits per heavy atom. The van der Waals surface area contributed by atoms with Crippen molar-refractivity contribution in [2.75, 3.05) is 5.32 Å². The molecule has 154 valence electrons. The first-order chi connectivity index (χ1) is 14.2. The van der Waals surface area contributed by atoms with Gasteiger partial charge in [-0.15, -0.1) is 0 Å². The van der Waals surface area contributed by atoms with E-state index in [0.717, 1.165) is 16.5 Å². The standard InChI is InChI=1S/C22H20Cl2N4O2/c1-12-5-4-6-15-10-17(14(3)25-21(12)15)22(30)28-27-13(2)9-20(29)26-16-7-8-18(23)19(24)11-16/h4-8,10-11H,9H2,1-3H3,(H,26,29)(H,28,30). The number of para-hydroxylation sites is 1. The fourth-order valence-electron chi connectivity index (χ4n) is 2.93. The summed E-state index contributed by atoms with van der Waals surface area (Å²) in [6, 6.07) is 12.4. The highest BCUT2D eigenvalue weighted by Crippen LogP contribution is 2.25. The Hall–Kier alpha value is -2.96. The van der Waals surface area contributed by atoms with E-state index < -0.39 is 0 Å². The van der Waals surface area contributed by atoms with Gasteiger partial charge >= 0.3 is 0 Å². The molecular formula is C22H20Cl2N4O2. The van der Waals surface area contributed by atoms with Crippen molar-refractivity contribution >= 4 is 57.3 Å². The van der Waals surface area contributed by atoms with Crippen molar-refractivity contribution in [2.45, 2.75) is 27.2 Å². The molecular weight excluding hydrogens is 423 g/mol. The normalized spacial score (nSPS) is 11.4. The number of rotatable bonds is 5. The van der Waals surface area contributed by atoms with Crippen molar-refractivity contribution in [3.8, 4) is 0 Å². The molecule has 0 radical (unpaired) electrons. The molecule has 6 nitrogen and oxygen atoms in total. The summed E-state index contributed by atoms with van der Waals surface area (Å²) < 4.78 is 0. The first-order valence-electron chi connectivity index (χ1n) is 9.20. The highest BCUT2D eigenvalue weighted by atomic mass is 35.5. The average Bonchev–Trinajstić information content (AvgIpc) is 2.69. The number of fused-ring (bicyclic) bond motifs is 1. The minimum atomic E-state index is -0.382. The minimum absolute atomic E-state index is 0.00860. The van der Waals surface area contributed by atoms with Gasteiger partial charge in [0.1, 0.15) is 0 Å². The largest absolute Gasteiger partial charge is 0.326 e. The van der Waals surface area contributed by atoms with E-state index in [-0.39, 0.29) is 18.2 Å². The molecule has 2 aromatic carbocycles. The minimum Gasteiger partial charge on any atom is -0.326 e. The molecule has 2 N–H and O–H groups in total. The Labute approximate surface area is 184 Å². The third-order valence-electron chi connectivity index (χ3n) is 4.45. The number of pyridine rings is 1. The molecule has 8 heteroatoms. The zero-order valence-electron chi connectivity index (χ0n) is 16.7. The SMILES string of the molecule is CC(CC(=O)Nc1ccc(Cl)c(Cl)c1)=NNC(=O)c1cc2cccc(C)c2nc1C. The number of hydrogen-bond acceptors (Lipinski definition) is 4. The van der Waals surface area contributed by atoms with Gasteiger partial charge in [0.2, 0.25) is 5.91 Å². The summed E-state index contributed by atoms with van der Waals surface area (Å²) in [5.74, 6) is -0.671. The summed E-state index contributed by atoms with van der Waals surface area (Å²) in [7, 11) is 0. The number of hydrazone groups is 1. The van der Waals surface area contributed by atoms with Crippen LogP contribution in [0, 0.1) is 13.8 Å². The van der Waals surface area contributed by atoms with Crippen LogP contribution in [-0.2, 0) is 4.79 Å². The van der Waals surface area contributed by atoms with Crippen molar-refractivity contribution in [3.63, 3.8) is 0 Å². The molecule has 0 saturated heterocycles. The second kappa shape index (κ2) is 9.24. The van der Waals surface area contributed by atoms with E-state index in [1.165, 1.54) is 0 Å². The van der Waals surface area contributed by atoms with Gasteiger partial charge < -0.3 is 5.32 Å². The summed E-state index contributed by atoms with van der Waals surface area (Å²) in [5, 5.41) is 8.38. The molecule has 0 aliphatic rings. The topological polar surface area (TPSA) is 83.5 Å². The Kier molecular flexibility index (Phi) is 6.70. The number of halogens is 2. The maximum absolute atomic E-state index is 12.6. The fraction of sp³-hybridized carbons (Fsp3) is 0.182. The van der Waals surface area contributed by atoms with Gasteiger partial charge in [-0.25, -0.2) is 5.43 Å². The van der Waals surface area contributed by atoms with Gasteiger partial charge in [0.25, 0.3) is 5.91 Å². The molecule has 0 fully saturated rings. The van der Waals surface area contributed by atoms with E-state index in [1.807, 2.05) is 25.1 Å². The van der Waals surface area contributed by atoms with E-state index in [2.05, 4.69) is 20.8 Å². The van der Waals surface area contributed by atoms with Crippen molar-refractivity contribution in [2.24, 2.45) is 5.10 Å². The number of anilines is 1. The molecule has 3 rings (SSSR count). The van der Waals surface area contributed by atoms with Crippen molar-refractivity contribution in [1.82, 2.24) is 10.4 Å². The maximum atomic E-state index is 12.6. The lowest BCUT2D eigenvalue weighted by atomic mass is 10.1. The summed E-state index contributed by atoms with van der Waals surface area (Å²) in [6.07, 6.45) is 0.00860. The monoisotopic (exact) mass is 442 g/mol.